The summed E-state index contributed by atoms with van der Waals surface area (Å²) in [6, 6.07) is 0.566. The normalized spacial score (nSPS) is 27.4. The van der Waals surface area contributed by atoms with E-state index in [2.05, 4.69) is 29.1 Å². The summed E-state index contributed by atoms with van der Waals surface area (Å²) in [6.45, 7) is 6.91. The number of amides is 1. The molecule has 0 aromatic carbocycles. The van der Waals surface area contributed by atoms with Crippen LogP contribution < -0.4 is 5.32 Å². The van der Waals surface area contributed by atoms with Gasteiger partial charge in [0.15, 0.2) is 5.96 Å². The number of nitrogens with zero attached hydrogens (tertiary/aromatic N) is 3. The van der Waals surface area contributed by atoms with Crippen LogP contribution in [0.3, 0.4) is 0 Å². The number of hydrogen-bond acceptors (Lipinski definition) is 2. The van der Waals surface area contributed by atoms with Crippen molar-refractivity contribution >= 4 is 11.9 Å². The lowest BCUT2D eigenvalue weighted by atomic mass is 9.92. The number of aliphatic imine (C=N–C) groups is 1. The fourth-order valence-corrected chi connectivity index (χ4v) is 2.77. The smallest absolute Gasteiger partial charge is 0.243 e. The molecule has 1 aliphatic carbocycles. The van der Waals surface area contributed by atoms with Crippen LogP contribution >= 0.6 is 0 Å². The van der Waals surface area contributed by atoms with Crippen molar-refractivity contribution in [1.82, 2.24) is 15.1 Å². The lowest BCUT2D eigenvalue weighted by Gasteiger charge is -2.37. The molecular weight excluding hydrogens is 252 g/mol. The van der Waals surface area contributed by atoms with Crippen molar-refractivity contribution < 1.29 is 4.79 Å². The van der Waals surface area contributed by atoms with E-state index in [0.29, 0.717) is 17.9 Å². The second kappa shape index (κ2) is 6.46. The molecule has 5 heteroatoms. The number of guanidine groups is 1. The van der Waals surface area contributed by atoms with Gasteiger partial charge in [-0.3, -0.25) is 4.79 Å². The van der Waals surface area contributed by atoms with Gasteiger partial charge in [-0.25, -0.2) is 4.99 Å². The third-order valence-electron chi connectivity index (χ3n) is 3.94. The average molecular weight is 280 g/mol. The van der Waals surface area contributed by atoms with Crippen LogP contribution in [0.25, 0.3) is 0 Å². The molecule has 0 radical (unpaired) electrons. The first-order valence-corrected chi connectivity index (χ1v) is 7.71. The number of rotatable bonds is 3. The van der Waals surface area contributed by atoms with Crippen LogP contribution in [-0.2, 0) is 4.79 Å². The third-order valence-corrected chi connectivity index (χ3v) is 3.94. The highest BCUT2D eigenvalue weighted by atomic mass is 16.2. The molecule has 1 aliphatic heterocycles. The fourth-order valence-electron chi connectivity index (χ4n) is 2.77. The van der Waals surface area contributed by atoms with Crippen molar-refractivity contribution in [2.45, 2.75) is 39.2 Å². The van der Waals surface area contributed by atoms with Gasteiger partial charge in [-0.2, -0.15) is 0 Å². The number of likely N-dealkylation sites (N-methyl/N-ethyl adjacent to an activating group) is 1. The summed E-state index contributed by atoms with van der Waals surface area (Å²) in [4.78, 5) is 20.2. The Morgan fingerprint density at radius 3 is 2.35 bits per heavy atom. The molecule has 0 aromatic rings. The fraction of sp³-hybridized carbons (Fsp3) is 0.867. The molecule has 2 aliphatic rings. The predicted octanol–water partition coefficient (Wildman–Crippen LogP) is 1.16. The molecule has 2 atom stereocenters. The van der Waals surface area contributed by atoms with E-state index >= 15 is 0 Å². The van der Waals surface area contributed by atoms with Crippen molar-refractivity contribution in [2.24, 2.45) is 16.8 Å². The van der Waals surface area contributed by atoms with E-state index in [4.69, 9.17) is 0 Å². The molecule has 0 aromatic heterocycles. The van der Waals surface area contributed by atoms with E-state index in [1.54, 1.807) is 19.0 Å². The molecule has 1 N–H and O–H groups in total. The predicted molar refractivity (Wildman–Crippen MR) is 81.7 cm³/mol. The summed E-state index contributed by atoms with van der Waals surface area (Å²) in [7, 11) is 3.55. The Kier molecular flexibility index (Phi) is 4.89. The second-order valence-electron chi connectivity index (χ2n) is 6.70. The van der Waals surface area contributed by atoms with Gasteiger partial charge in [0.1, 0.15) is 6.54 Å². The maximum Gasteiger partial charge on any atom is 0.243 e. The van der Waals surface area contributed by atoms with Crippen molar-refractivity contribution in [3.8, 4) is 0 Å². The standard InChI is InChI=1S/C15H28N4O/c1-11-7-12(2)10-19(9-11)15(17-13-5-6-13)16-8-14(20)18(3)4/h11-13H,5-10H2,1-4H3,(H,16,17). The Hall–Kier alpha value is -1.26. The molecule has 2 fully saturated rings. The second-order valence-corrected chi connectivity index (χ2v) is 6.70. The highest BCUT2D eigenvalue weighted by Crippen LogP contribution is 2.23. The van der Waals surface area contributed by atoms with Gasteiger partial charge in [-0.15, -0.1) is 0 Å². The molecule has 114 valence electrons. The van der Waals surface area contributed by atoms with Crippen molar-refractivity contribution in [3.63, 3.8) is 0 Å². The summed E-state index contributed by atoms with van der Waals surface area (Å²) in [6.07, 6.45) is 3.73. The maximum atomic E-state index is 11.7. The van der Waals surface area contributed by atoms with Gasteiger partial charge < -0.3 is 15.1 Å². The van der Waals surface area contributed by atoms with Gasteiger partial charge >= 0.3 is 0 Å². The monoisotopic (exact) mass is 280 g/mol. The zero-order chi connectivity index (χ0) is 14.7. The summed E-state index contributed by atoms with van der Waals surface area (Å²) >= 11 is 0. The summed E-state index contributed by atoms with van der Waals surface area (Å²) in [5, 5.41) is 3.50. The van der Waals surface area contributed by atoms with Crippen molar-refractivity contribution in [1.29, 1.82) is 0 Å². The molecule has 20 heavy (non-hydrogen) atoms. The molecule has 1 amide bonds. The Bertz CT molecular complexity index is 366. The van der Waals surface area contributed by atoms with Gasteiger partial charge in [0, 0.05) is 33.2 Å². The van der Waals surface area contributed by atoms with Crippen LogP contribution in [-0.4, -0.2) is 61.4 Å². The SMILES string of the molecule is CC1CC(C)CN(C(=NCC(=O)N(C)C)NC2CC2)C1. The van der Waals surface area contributed by atoms with Gasteiger partial charge in [0.25, 0.3) is 0 Å². The van der Waals surface area contributed by atoms with Crippen LogP contribution in [0.1, 0.15) is 33.1 Å². The van der Waals surface area contributed by atoms with E-state index in [1.807, 2.05) is 0 Å². The number of nitrogens with one attached hydrogen (secondary N) is 1. The summed E-state index contributed by atoms with van der Waals surface area (Å²) in [5.74, 6) is 2.36. The lowest BCUT2D eigenvalue weighted by molar-refractivity contribution is -0.127. The molecule has 1 saturated heterocycles. The number of hydrogen-bond donors (Lipinski definition) is 1. The van der Waals surface area contributed by atoms with Crippen LogP contribution in [0.15, 0.2) is 4.99 Å². The summed E-state index contributed by atoms with van der Waals surface area (Å²) < 4.78 is 0. The molecule has 2 rings (SSSR count). The van der Waals surface area contributed by atoms with Gasteiger partial charge in [0.05, 0.1) is 0 Å². The minimum Gasteiger partial charge on any atom is -0.353 e. The Morgan fingerprint density at radius 2 is 1.85 bits per heavy atom. The number of likely N-dealkylation sites (tertiary alicyclic amines) is 1. The Morgan fingerprint density at radius 1 is 1.25 bits per heavy atom. The molecule has 5 nitrogen and oxygen atoms in total. The third kappa shape index (κ3) is 4.39. The quantitative estimate of drug-likeness (QED) is 0.623. The van der Waals surface area contributed by atoms with E-state index in [1.165, 1.54) is 19.3 Å². The van der Waals surface area contributed by atoms with Crippen LogP contribution in [0.4, 0.5) is 0 Å². The molecule has 0 spiro atoms. The average Bonchev–Trinajstić information content (AvgIpc) is 3.16. The largest absolute Gasteiger partial charge is 0.353 e. The van der Waals surface area contributed by atoms with E-state index in [0.717, 1.165) is 19.0 Å². The Labute approximate surface area is 122 Å². The molecule has 0 bridgehead atoms. The highest BCUT2D eigenvalue weighted by Gasteiger charge is 2.28. The van der Waals surface area contributed by atoms with E-state index in [9.17, 15) is 4.79 Å². The summed E-state index contributed by atoms with van der Waals surface area (Å²) in [5.41, 5.74) is 0. The minimum absolute atomic E-state index is 0.0539. The molecular formula is C15H28N4O. The maximum absolute atomic E-state index is 11.7. The lowest BCUT2D eigenvalue weighted by Crippen LogP contribution is -2.49. The van der Waals surface area contributed by atoms with E-state index < -0.39 is 0 Å². The highest BCUT2D eigenvalue weighted by molar-refractivity contribution is 5.85. The molecule has 1 saturated carbocycles. The molecule has 2 unspecified atom stereocenters. The zero-order valence-electron chi connectivity index (χ0n) is 13.2. The van der Waals surface area contributed by atoms with Crippen LogP contribution in [0.5, 0.6) is 0 Å². The minimum atomic E-state index is 0.0539. The first-order valence-electron chi connectivity index (χ1n) is 7.71. The first-order chi connectivity index (χ1) is 9.45. The van der Waals surface area contributed by atoms with Gasteiger partial charge in [0.2, 0.25) is 5.91 Å². The van der Waals surface area contributed by atoms with Crippen molar-refractivity contribution in [2.75, 3.05) is 33.7 Å². The van der Waals surface area contributed by atoms with Crippen molar-refractivity contribution in [3.05, 3.63) is 0 Å². The molecule has 1 heterocycles. The van der Waals surface area contributed by atoms with Crippen LogP contribution in [0, 0.1) is 11.8 Å². The first kappa shape index (κ1) is 15.1. The van der Waals surface area contributed by atoms with E-state index in [-0.39, 0.29) is 12.5 Å². The number of carbonyl (C=O) groups excluding carboxylic acids is 1. The van der Waals surface area contributed by atoms with Gasteiger partial charge in [-0.05, 0) is 31.1 Å². The van der Waals surface area contributed by atoms with Gasteiger partial charge in [-0.1, -0.05) is 13.8 Å². The Balaban J connectivity index is 2.01. The topological polar surface area (TPSA) is 47.9 Å². The van der Waals surface area contributed by atoms with Crippen LogP contribution in [0.2, 0.25) is 0 Å². The zero-order valence-corrected chi connectivity index (χ0v) is 13.2. The number of piperidine rings is 1. The number of carbonyl (C=O) groups is 1.